The molecule has 1 fully saturated rings. The lowest BCUT2D eigenvalue weighted by Gasteiger charge is -2.42. The number of hydrogen-bond acceptors (Lipinski definition) is 5. The smallest absolute Gasteiger partial charge is 0.251 e. The van der Waals surface area contributed by atoms with Crippen molar-refractivity contribution in [2.75, 3.05) is 17.2 Å². The molecule has 0 saturated carbocycles. The summed E-state index contributed by atoms with van der Waals surface area (Å²) in [6.07, 6.45) is 1.67. The zero-order chi connectivity index (χ0) is 15.2. The van der Waals surface area contributed by atoms with Gasteiger partial charge in [-0.05, 0) is 38.1 Å². The quantitative estimate of drug-likeness (QED) is 0.604. The molecule has 1 aromatic carbocycles. The van der Waals surface area contributed by atoms with E-state index in [4.69, 9.17) is 5.73 Å². The Kier molecular flexibility index (Phi) is 2.83. The number of hydrogen-bond donors (Lipinski definition) is 2. The number of nitrogens with one attached hydrogen (secondary N) is 1. The lowest BCUT2D eigenvalue weighted by Crippen LogP contribution is -2.64. The summed E-state index contributed by atoms with van der Waals surface area (Å²) >= 11 is 0. The monoisotopic (exact) mass is 284 g/mol. The van der Waals surface area contributed by atoms with E-state index in [2.05, 4.69) is 10.3 Å². The highest BCUT2D eigenvalue weighted by atomic mass is 16.2. The predicted octanol–water partition coefficient (Wildman–Crippen LogP) is 1.06. The van der Waals surface area contributed by atoms with Crippen LogP contribution in [0.2, 0.25) is 0 Å². The number of nitrogen functional groups attached to an aromatic ring is 1. The van der Waals surface area contributed by atoms with Crippen molar-refractivity contribution in [3.63, 3.8) is 0 Å². The summed E-state index contributed by atoms with van der Waals surface area (Å²) in [5.41, 5.74) is 7.14. The van der Waals surface area contributed by atoms with Crippen molar-refractivity contribution in [1.82, 2.24) is 10.3 Å². The topological polar surface area (TPSA) is 88.3 Å². The van der Waals surface area contributed by atoms with Gasteiger partial charge in [0.05, 0.1) is 17.7 Å². The average molecular weight is 284 g/mol. The minimum Gasteiger partial charge on any atom is -0.397 e. The molecule has 0 radical (unpaired) electrons. The molecular weight excluding hydrogens is 268 g/mol. The van der Waals surface area contributed by atoms with Crippen molar-refractivity contribution in [2.45, 2.75) is 19.4 Å². The largest absolute Gasteiger partial charge is 0.397 e. The van der Waals surface area contributed by atoms with Crippen LogP contribution >= 0.6 is 0 Å². The van der Waals surface area contributed by atoms with Crippen molar-refractivity contribution in [1.29, 1.82) is 0 Å². The van der Waals surface area contributed by atoms with Crippen LogP contribution in [0.1, 0.15) is 13.8 Å². The second-order valence-corrected chi connectivity index (χ2v) is 5.60. The molecule has 3 rings (SSSR count). The van der Waals surface area contributed by atoms with Crippen molar-refractivity contribution in [2.24, 2.45) is 0 Å². The Bertz CT molecular complexity index is 754. The van der Waals surface area contributed by atoms with E-state index in [-0.39, 0.29) is 18.4 Å². The molecule has 1 aliphatic heterocycles. The van der Waals surface area contributed by atoms with E-state index in [0.29, 0.717) is 11.2 Å². The third-order valence-electron chi connectivity index (χ3n) is 3.85. The number of anilines is 2. The van der Waals surface area contributed by atoms with E-state index in [1.807, 2.05) is 18.2 Å². The summed E-state index contributed by atoms with van der Waals surface area (Å²) in [5.74, 6) is -0.624. The number of fused-ring (bicyclic) bond motifs is 1. The van der Waals surface area contributed by atoms with Gasteiger partial charge in [0.1, 0.15) is 5.54 Å². The molecule has 0 bridgehead atoms. The van der Waals surface area contributed by atoms with Crippen LogP contribution in [0.15, 0.2) is 30.5 Å². The molecule has 0 atom stereocenters. The fraction of sp³-hybridized carbons (Fsp3) is 0.267. The fourth-order valence-corrected chi connectivity index (χ4v) is 2.58. The van der Waals surface area contributed by atoms with Crippen LogP contribution in [0.5, 0.6) is 0 Å². The lowest BCUT2D eigenvalue weighted by atomic mass is 9.96. The highest BCUT2D eigenvalue weighted by molar-refractivity contribution is 6.09. The van der Waals surface area contributed by atoms with Gasteiger partial charge in [0, 0.05) is 17.3 Å². The zero-order valence-electron chi connectivity index (χ0n) is 11.9. The second kappa shape index (κ2) is 4.44. The number of carbonyl (C=O) groups excluding carboxylic acids is 2. The van der Waals surface area contributed by atoms with Gasteiger partial charge < -0.3 is 10.6 Å². The molecule has 6 nitrogen and oxygen atoms in total. The van der Waals surface area contributed by atoms with Crippen LogP contribution in [0.25, 0.3) is 10.9 Å². The molecule has 0 unspecified atom stereocenters. The number of carbonyl (C=O) groups is 2. The fourth-order valence-electron chi connectivity index (χ4n) is 2.58. The van der Waals surface area contributed by atoms with Gasteiger partial charge in [0.15, 0.2) is 0 Å². The van der Waals surface area contributed by atoms with Gasteiger partial charge in [-0.1, -0.05) is 0 Å². The summed E-state index contributed by atoms with van der Waals surface area (Å²) in [4.78, 5) is 29.9. The Morgan fingerprint density at radius 2 is 2.05 bits per heavy atom. The van der Waals surface area contributed by atoms with Gasteiger partial charge in [-0.25, -0.2) is 0 Å². The van der Waals surface area contributed by atoms with Crippen LogP contribution in [-0.4, -0.2) is 28.9 Å². The standard InChI is InChI=1S/C15H16N4O2/c1-15(2)14(21)18-12(20)8-19(15)11-6-5-10(16)13-9(11)4-3-7-17-13/h3-7H,8,16H2,1-2H3,(H,18,20,21). The number of nitrogens with two attached hydrogens (primary N) is 1. The number of rotatable bonds is 1. The molecule has 0 aliphatic carbocycles. The van der Waals surface area contributed by atoms with E-state index >= 15 is 0 Å². The molecule has 2 aromatic rings. The normalized spacial score (nSPS) is 17.9. The van der Waals surface area contributed by atoms with Crippen LogP contribution < -0.4 is 16.0 Å². The van der Waals surface area contributed by atoms with Gasteiger partial charge in [-0.15, -0.1) is 0 Å². The van der Waals surface area contributed by atoms with Crippen molar-refractivity contribution < 1.29 is 9.59 Å². The SMILES string of the molecule is CC1(C)C(=O)NC(=O)CN1c1ccc(N)c2ncccc12. The summed E-state index contributed by atoms with van der Waals surface area (Å²) in [5, 5.41) is 3.20. The maximum absolute atomic E-state index is 12.1. The first-order valence-corrected chi connectivity index (χ1v) is 6.66. The van der Waals surface area contributed by atoms with Crippen molar-refractivity contribution in [3.8, 4) is 0 Å². The van der Waals surface area contributed by atoms with Gasteiger partial charge in [-0.3, -0.25) is 19.9 Å². The lowest BCUT2D eigenvalue weighted by molar-refractivity contribution is -0.135. The number of imide groups is 1. The Morgan fingerprint density at radius 3 is 2.81 bits per heavy atom. The molecule has 108 valence electrons. The predicted molar refractivity (Wildman–Crippen MR) is 80.7 cm³/mol. The van der Waals surface area contributed by atoms with E-state index in [1.165, 1.54) is 0 Å². The number of benzene rings is 1. The van der Waals surface area contributed by atoms with Gasteiger partial charge in [-0.2, -0.15) is 0 Å². The molecule has 2 heterocycles. The Labute approximate surface area is 121 Å². The average Bonchev–Trinajstić information content (AvgIpc) is 2.44. The van der Waals surface area contributed by atoms with Crippen molar-refractivity contribution >= 4 is 34.1 Å². The first kappa shape index (κ1) is 13.4. The van der Waals surface area contributed by atoms with Crippen LogP contribution in [0.3, 0.4) is 0 Å². The minimum absolute atomic E-state index is 0.118. The summed E-state index contributed by atoms with van der Waals surface area (Å²) in [7, 11) is 0. The third-order valence-corrected chi connectivity index (χ3v) is 3.85. The summed E-state index contributed by atoms with van der Waals surface area (Å²) in [6.45, 7) is 3.69. The molecule has 1 saturated heterocycles. The molecule has 2 amide bonds. The Balaban J connectivity index is 2.22. The van der Waals surface area contributed by atoms with Crippen LogP contribution in [0.4, 0.5) is 11.4 Å². The zero-order valence-corrected chi connectivity index (χ0v) is 11.9. The summed E-state index contributed by atoms with van der Waals surface area (Å²) < 4.78 is 0. The number of amides is 2. The van der Waals surface area contributed by atoms with Crippen LogP contribution in [0, 0.1) is 0 Å². The highest BCUT2D eigenvalue weighted by Gasteiger charge is 2.41. The first-order chi connectivity index (χ1) is 9.91. The van der Waals surface area contributed by atoms with Gasteiger partial charge in [0.2, 0.25) is 5.91 Å². The first-order valence-electron chi connectivity index (χ1n) is 6.66. The maximum Gasteiger partial charge on any atom is 0.251 e. The number of aromatic nitrogens is 1. The molecule has 1 aliphatic rings. The number of pyridine rings is 1. The van der Waals surface area contributed by atoms with Gasteiger partial charge in [0.25, 0.3) is 5.91 Å². The van der Waals surface area contributed by atoms with E-state index in [0.717, 1.165) is 11.1 Å². The number of nitrogens with zero attached hydrogens (tertiary/aromatic N) is 2. The third kappa shape index (κ3) is 1.99. The molecule has 1 aromatic heterocycles. The molecular formula is C15H16N4O2. The number of piperazine rings is 1. The maximum atomic E-state index is 12.1. The van der Waals surface area contributed by atoms with E-state index in [1.54, 1.807) is 31.0 Å². The molecule has 3 N–H and O–H groups in total. The Morgan fingerprint density at radius 1 is 1.29 bits per heavy atom. The molecule has 0 spiro atoms. The van der Waals surface area contributed by atoms with Gasteiger partial charge >= 0.3 is 0 Å². The van der Waals surface area contributed by atoms with E-state index in [9.17, 15) is 9.59 Å². The molecule has 6 heteroatoms. The highest BCUT2D eigenvalue weighted by Crippen LogP contribution is 2.34. The summed E-state index contributed by atoms with van der Waals surface area (Å²) in [6, 6.07) is 7.27. The van der Waals surface area contributed by atoms with Crippen molar-refractivity contribution in [3.05, 3.63) is 30.5 Å². The molecule has 21 heavy (non-hydrogen) atoms. The Hall–Kier alpha value is -2.63. The minimum atomic E-state index is -0.827. The van der Waals surface area contributed by atoms with Crippen LogP contribution in [-0.2, 0) is 9.59 Å². The second-order valence-electron chi connectivity index (χ2n) is 5.60. The van der Waals surface area contributed by atoms with E-state index < -0.39 is 5.54 Å².